The highest BCUT2D eigenvalue weighted by Crippen LogP contribution is 2.12. The molecule has 0 saturated carbocycles. The standard InChI is InChI=1S/C6H13N/c1-7(2)5-3-4-6-7/h1,3-6H2,2H3/q+1. The average Bonchev–Trinajstić information content (AvgIpc) is 1.84. The molecular formula is C6H13N+. The molecule has 1 rings (SSSR count). The van der Waals surface area contributed by atoms with Crippen LogP contribution in [-0.4, -0.2) is 24.6 Å². The molecule has 1 aliphatic rings. The number of nitrogens with zero attached hydrogens (tertiary/aromatic N) is 1. The molecule has 1 nitrogen and oxygen atoms in total. The number of hydrogen-bond donors (Lipinski definition) is 0. The van der Waals surface area contributed by atoms with Crippen LogP contribution in [0.15, 0.2) is 0 Å². The van der Waals surface area contributed by atoms with E-state index in [2.05, 4.69) is 14.1 Å². The summed E-state index contributed by atoms with van der Waals surface area (Å²) in [4.78, 5) is 0. The maximum Gasteiger partial charge on any atom is 0.128 e. The molecule has 0 aromatic carbocycles. The monoisotopic (exact) mass is 99.1 g/mol. The molecule has 1 fully saturated rings. The lowest BCUT2D eigenvalue weighted by atomic mass is 10.4. The van der Waals surface area contributed by atoms with Crippen LogP contribution in [-0.2, 0) is 0 Å². The van der Waals surface area contributed by atoms with Gasteiger partial charge in [-0.1, -0.05) is 0 Å². The van der Waals surface area contributed by atoms with Crippen molar-refractivity contribution in [3.63, 3.8) is 0 Å². The molecule has 1 saturated heterocycles. The molecule has 0 aromatic rings. The summed E-state index contributed by atoms with van der Waals surface area (Å²) in [5, 5.41) is 0. The fourth-order valence-corrected chi connectivity index (χ4v) is 1.10. The number of likely N-dealkylation sites (tertiary alicyclic amines) is 1. The molecule has 1 heteroatoms. The predicted octanol–water partition coefficient (Wildman–Crippen LogP) is 1.02. The van der Waals surface area contributed by atoms with Gasteiger partial charge in [0.25, 0.3) is 0 Å². The first-order valence-corrected chi connectivity index (χ1v) is 2.90. The van der Waals surface area contributed by atoms with E-state index < -0.39 is 0 Å². The zero-order valence-electron chi connectivity index (χ0n) is 4.98. The van der Waals surface area contributed by atoms with Crippen LogP contribution in [0.2, 0.25) is 0 Å². The Morgan fingerprint density at radius 3 is 1.86 bits per heavy atom. The van der Waals surface area contributed by atoms with Gasteiger partial charge in [0.1, 0.15) is 7.05 Å². The summed E-state index contributed by atoms with van der Waals surface area (Å²) >= 11 is 0. The minimum Gasteiger partial charge on any atom is -0.321 e. The van der Waals surface area contributed by atoms with Gasteiger partial charge in [-0.05, 0) is 0 Å². The second kappa shape index (κ2) is 1.48. The van der Waals surface area contributed by atoms with Crippen molar-refractivity contribution in [2.24, 2.45) is 0 Å². The van der Waals surface area contributed by atoms with Gasteiger partial charge in [0, 0.05) is 12.8 Å². The van der Waals surface area contributed by atoms with Crippen molar-refractivity contribution in [2.75, 3.05) is 20.1 Å². The summed E-state index contributed by atoms with van der Waals surface area (Å²) in [6, 6.07) is 0. The van der Waals surface area contributed by atoms with Gasteiger partial charge < -0.3 is 4.48 Å². The van der Waals surface area contributed by atoms with Crippen molar-refractivity contribution >= 4 is 0 Å². The largest absolute Gasteiger partial charge is 0.321 e. The van der Waals surface area contributed by atoms with Gasteiger partial charge in [-0.25, -0.2) is 0 Å². The molecule has 0 amide bonds. The van der Waals surface area contributed by atoms with Gasteiger partial charge in [-0.3, -0.25) is 0 Å². The normalized spacial score (nSPS) is 28.3. The van der Waals surface area contributed by atoms with Crippen LogP contribution in [0.4, 0.5) is 0 Å². The topological polar surface area (TPSA) is 0 Å². The van der Waals surface area contributed by atoms with E-state index in [4.69, 9.17) is 0 Å². The van der Waals surface area contributed by atoms with E-state index in [0.717, 1.165) is 4.48 Å². The Balaban J connectivity index is 2.40. The molecule has 0 aromatic heterocycles. The SMILES string of the molecule is [CH2][N+]1(C)CCCC1. The van der Waals surface area contributed by atoms with Gasteiger partial charge in [0.05, 0.1) is 20.1 Å². The van der Waals surface area contributed by atoms with Gasteiger partial charge in [0.15, 0.2) is 0 Å². The van der Waals surface area contributed by atoms with Crippen molar-refractivity contribution in [1.29, 1.82) is 0 Å². The molecule has 7 heavy (non-hydrogen) atoms. The highest BCUT2D eigenvalue weighted by Gasteiger charge is 2.20. The minimum absolute atomic E-state index is 1.00. The Morgan fingerprint density at radius 2 is 1.71 bits per heavy atom. The Kier molecular flexibility index (Phi) is 1.08. The van der Waals surface area contributed by atoms with Crippen molar-refractivity contribution in [3.8, 4) is 0 Å². The van der Waals surface area contributed by atoms with Crippen molar-refractivity contribution in [3.05, 3.63) is 7.05 Å². The highest BCUT2D eigenvalue weighted by atomic mass is 15.3. The molecule has 0 unspecified atom stereocenters. The summed E-state index contributed by atoms with van der Waals surface area (Å²) in [5.41, 5.74) is 0. The summed E-state index contributed by atoms with van der Waals surface area (Å²) in [7, 11) is 6.19. The molecule has 0 atom stereocenters. The van der Waals surface area contributed by atoms with Crippen LogP contribution >= 0.6 is 0 Å². The molecule has 0 N–H and O–H groups in total. The summed E-state index contributed by atoms with van der Waals surface area (Å²) < 4.78 is 1.00. The molecule has 0 spiro atoms. The third-order valence-corrected chi connectivity index (χ3v) is 1.65. The Labute approximate surface area is 45.5 Å². The third kappa shape index (κ3) is 1.16. The molecule has 1 heterocycles. The first kappa shape index (κ1) is 5.10. The predicted molar refractivity (Wildman–Crippen MR) is 30.5 cm³/mol. The van der Waals surface area contributed by atoms with Crippen molar-refractivity contribution < 1.29 is 4.48 Å². The second-order valence-electron chi connectivity index (χ2n) is 2.77. The maximum atomic E-state index is 4.01. The Morgan fingerprint density at radius 1 is 1.29 bits per heavy atom. The van der Waals surface area contributed by atoms with Gasteiger partial charge in [-0.15, -0.1) is 0 Å². The van der Waals surface area contributed by atoms with E-state index in [1.165, 1.54) is 25.9 Å². The van der Waals surface area contributed by atoms with Gasteiger partial charge in [0.2, 0.25) is 0 Å². The van der Waals surface area contributed by atoms with E-state index in [0.29, 0.717) is 0 Å². The van der Waals surface area contributed by atoms with E-state index >= 15 is 0 Å². The molecular weight excluding hydrogens is 86.1 g/mol. The fraction of sp³-hybridized carbons (Fsp3) is 0.833. The lowest BCUT2D eigenvalue weighted by Crippen LogP contribution is -2.32. The summed E-state index contributed by atoms with van der Waals surface area (Å²) in [5.74, 6) is 0. The first-order valence-electron chi connectivity index (χ1n) is 2.90. The lowest BCUT2D eigenvalue weighted by Gasteiger charge is -2.20. The smallest absolute Gasteiger partial charge is 0.128 e. The number of quaternary nitrogens is 1. The quantitative estimate of drug-likeness (QED) is 0.398. The zero-order valence-corrected chi connectivity index (χ0v) is 4.98. The van der Waals surface area contributed by atoms with Crippen LogP contribution < -0.4 is 0 Å². The van der Waals surface area contributed by atoms with E-state index in [1.54, 1.807) is 0 Å². The van der Waals surface area contributed by atoms with Crippen LogP contribution in [0.25, 0.3) is 0 Å². The molecule has 0 bridgehead atoms. The summed E-state index contributed by atoms with van der Waals surface area (Å²) in [6.07, 6.45) is 2.75. The zero-order chi connectivity index (χ0) is 5.33. The first-order chi connectivity index (χ1) is 3.21. The highest BCUT2D eigenvalue weighted by molar-refractivity contribution is 4.48. The van der Waals surface area contributed by atoms with Crippen LogP contribution in [0.1, 0.15) is 12.8 Å². The molecule has 1 radical (unpaired) electrons. The van der Waals surface area contributed by atoms with Crippen LogP contribution in [0, 0.1) is 7.05 Å². The molecule has 0 aliphatic carbocycles. The van der Waals surface area contributed by atoms with Crippen LogP contribution in [0.5, 0.6) is 0 Å². The Hall–Kier alpha value is -0.0400. The van der Waals surface area contributed by atoms with Crippen molar-refractivity contribution in [1.82, 2.24) is 0 Å². The van der Waals surface area contributed by atoms with Gasteiger partial charge in [-0.2, -0.15) is 0 Å². The van der Waals surface area contributed by atoms with E-state index in [1.807, 2.05) is 0 Å². The van der Waals surface area contributed by atoms with Gasteiger partial charge >= 0.3 is 0 Å². The average molecular weight is 99.2 g/mol. The molecule has 1 aliphatic heterocycles. The third-order valence-electron chi connectivity index (χ3n) is 1.65. The maximum absolute atomic E-state index is 4.01. The fourth-order valence-electron chi connectivity index (χ4n) is 1.10. The number of rotatable bonds is 0. The van der Waals surface area contributed by atoms with Crippen molar-refractivity contribution in [2.45, 2.75) is 12.8 Å². The second-order valence-corrected chi connectivity index (χ2v) is 2.77. The Bertz CT molecular complexity index is 58.6. The lowest BCUT2D eigenvalue weighted by molar-refractivity contribution is -0.853. The van der Waals surface area contributed by atoms with E-state index in [-0.39, 0.29) is 0 Å². The summed E-state index contributed by atoms with van der Waals surface area (Å²) in [6.45, 7) is 2.56. The van der Waals surface area contributed by atoms with Crippen LogP contribution in [0.3, 0.4) is 0 Å². The minimum atomic E-state index is 1.00. The van der Waals surface area contributed by atoms with E-state index in [9.17, 15) is 0 Å². The molecule has 41 valence electrons. The number of hydrogen-bond acceptors (Lipinski definition) is 0.